The molecule has 4 N–H and O–H groups in total. The monoisotopic (exact) mass is 921 g/mol. The fourth-order valence-corrected chi connectivity index (χ4v) is 8.01. The number of aliphatic hydroxyl groups is 4. The fourth-order valence-electron chi connectivity index (χ4n) is 8.01. The van der Waals surface area contributed by atoms with Gasteiger partial charge in [0, 0.05) is 39.5 Å². The van der Waals surface area contributed by atoms with E-state index in [0.29, 0.717) is 22.3 Å². The second-order valence-corrected chi connectivity index (χ2v) is 22.4. The van der Waals surface area contributed by atoms with E-state index in [1.165, 1.54) is 0 Å². The second-order valence-electron chi connectivity index (χ2n) is 22.4. The Bertz CT molecular complexity index is 1940. The van der Waals surface area contributed by atoms with Crippen molar-refractivity contribution in [1.82, 2.24) is 0 Å². The molecule has 0 aromatic heterocycles. The van der Waals surface area contributed by atoms with Crippen LogP contribution in [-0.2, 0) is 69.8 Å². The van der Waals surface area contributed by atoms with Crippen molar-refractivity contribution in [2.75, 3.05) is 0 Å². The van der Waals surface area contributed by atoms with Crippen LogP contribution in [0.25, 0.3) is 0 Å². The first kappa shape index (κ1) is 55.9. The van der Waals surface area contributed by atoms with Crippen molar-refractivity contribution in [2.24, 2.45) is 0 Å². The maximum absolute atomic E-state index is 13.8. The summed E-state index contributed by atoms with van der Waals surface area (Å²) in [5.41, 5.74) is 4.08. The van der Waals surface area contributed by atoms with Gasteiger partial charge in [-0.05, 0) is 101 Å². The third kappa shape index (κ3) is 13.4. The summed E-state index contributed by atoms with van der Waals surface area (Å²) in [6, 6.07) is 42.6. The molecule has 5 aromatic rings. The summed E-state index contributed by atoms with van der Waals surface area (Å²) in [5.74, 6) is -1.33. The summed E-state index contributed by atoms with van der Waals surface area (Å²) in [5, 5.41) is 43.8. The van der Waals surface area contributed by atoms with Crippen LogP contribution < -0.4 is 0 Å². The van der Waals surface area contributed by atoms with Gasteiger partial charge in [0.15, 0.2) is 5.79 Å². The summed E-state index contributed by atoms with van der Waals surface area (Å²) in [4.78, 5) is 0. The van der Waals surface area contributed by atoms with Gasteiger partial charge in [-0.2, -0.15) is 0 Å². The molecule has 1 fully saturated rings. The molecular formula is C58H80O6Ti. The van der Waals surface area contributed by atoms with Crippen LogP contribution in [-0.4, -0.2) is 44.8 Å². The average molecular weight is 921 g/mol. The molecule has 352 valence electrons. The van der Waals surface area contributed by atoms with E-state index in [9.17, 15) is 10.2 Å². The van der Waals surface area contributed by atoms with Crippen molar-refractivity contribution >= 4 is 0 Å². The van der Waals surface area contributed by atoms with Crippen LogP contribution >= 0.6 is 0 Å². The molecule has 5 aromatic carbocycles. The quantitative estimate of drug-likeness (QED) is 0.121. The van der Waals surface area contributed by atoms with Crippen molar-refractivity contribution in [3.05, 3.63) is 177 Å². The standard InChI is InChI=1S/C52H64O4.2C3H8O.Ti/c1-46(2,3)35-19-27-40(28-20-35)51(53,41-29-21-36(22-30-41)47(4,5)6)44-45(56-50(13,55-44)39-17-15-14-16-18-39)52(54,42-31-23-37(24-32-42)48(7,8)9)43-33-25-38(26-34-43)49(10,11)12;2*1-3(2)4;/h14-34,44-45,53-54H,1-13H3;2*3-4H,1-2H3;/t44-,45-;;;/m1.../s1. The summed E-state index contributed by atoms with van der Waals surface area (Å²) >= 11 is 0. The molecule has 0 unspecified atom stereocenters. The maximum Gasteiger partial charge on any atom is 0.193 e. The third-order valence-electron chi connectivity index (χ3n) is 11.9. The van der Waals surface area contributed by atoms with Crippen molar-refractivity contribution in [2.45, 2.75) is 181 Å². The number of hydrogen-bond acceptors (Lipinski definition) is 6. The van der Waals surface area contributed by atoms with Crippen LogP contribution in [0.1, 0.15) is 168 Å². The van der Waals surface area contributed by atoms with Crippen LogP contribution in [0.3, 0.4) is 0 Å². The Morgan fingerprint density at radius 2 is 0.569 bits per heavy atom. The van der Waals surface area contributed by atoms with Gasteiger partial charge < -0.3 is 29.9 Å². The first-order valence-corrected chi connectivity index (χ1v) is 23.0. The van der Waals surface area contributed by atoms with Crippen molar-refractivity contribution < 1.29 is 51.6 Å². The van der Waals surface area contributed by atoms with Crippen LogP contribution in [0.4, 0.5) is 0 Å². The molecule has 1 aliphatic rings. The molecule has 1 heterocycles. The molecule has 6 nitrogen and oxygen atoms in total. The largest absolute Gasteiger partial charge is 0.394 e. The first-order chi connectivity index (χ1) is 29.3. The average Bonchev–Trinajstić information content (AvgIpc) is 3.58. The summed E-state index contributed by atoms with van der Waals surface area (Å²) in [7, 11) is 0. The fraction of sp³-hybridized carbons (Fsp3) is 0.483. The van der Waals surface area contributed by atoms with Gasteiger partial charge in [0.2, 0.25) is 0 Å². The van der Waals surface area contributed by atoms with Gasteiger partial charge in [0.1, 0.15) is 23.4 Å². The number of hydrogen-bond donors (Lipinski definition) is 4. The smallest absolute Gasteiger partial charge is 0.193 e. The van der Waals surface area contributed by atoms with E-state index < -0.39 is 29.2 Å². The van der Waals surface area contributed by atoms with Crippen LogP contribution in [0.5, 0.6) is 0 Å². The van der Waals surface area contributed by atoms with Gasteiger partial charge in [-0.1, -0.05) is 210 Å². The number of ether oxygens (including phenoxy) is 2. The van der Waals surface area contributed by atoms with Gasteiger partial charge in [-0.3, -0.25) is 0 Å². The minimum atomic E-state index is -1.77. The molecule has 0 amide bonds. The zero-order chi connectivity index (χ0) is 48.3. The van der Waals surface area contributed by atoms with Crippen LogP contribution in [0.2, 0.25) is 0 Å². The number of aliphatic hydroxyl groups excluding tert-OH is 2. The molecule has 0 bridgehead atoms. The van der Waals surface area contributed by atoms with Crippen molar-refractivity contribution in [3.63, 3.8) is 0 Å². The molecule has 2 atom stereocenters. The predicted octanol–water partition coefficient (Wildman–Crippen LogP) is 12.5. The van der Waals surface area contributed by atoms with E-state index in [4.69, 9.17) is 19.7 Å². The van der Waals surface area contributed by atoms with E-state index in [1.54, 1.807) is 27.7 Å². The maximum atomic E-state index is 13.8. The third-order valence-corrected chi connectivity index (χ3v) is 11.9. The molecular weight excluding hydrogens is 840 g/mol. The molecule has 1 aliphatic heterocycles. The van der Waals surface area contributed by atoms with Crippen molar-refractivity contribution in [3.8, 4) is 0 Å². The Hall–Kier alpha value is -3.43. The summed E-state index contributed by atoms with van der Waals surface area (Å²) in [6.45, 7) is 35.0. The minimum Gasteiger partial charge on any atom is -0.394 e. The van der Waals surface area contributed by atoms with Gasteiger partial charge in [0.25, 0.3) is 0 Å². The molecule has 0 spiro atoms. The van der Waals surface area contributed by atoms with Crippen molar-refractivity contribution in [1.29, 1.82) is 0 Å². The topological polar surface area (TPSA) is 99.4 Å². The zero-order valence-electron chi connectivity index (χ0n) is 42.5. The van der Waals surface area contributed by atoms with Gasteiger partial charge in [-0.25, -0.2) is 0 Å². The molecule has 1 saturated heterocycles. The van der Waals surface area contributed by atoms with Gasteiger partial charge in [-0.15, -0.1) is 0 Å². The van der Waals surface area contributed by atoms with E-state index in [2.05, 4.69) is 132 Å². The van der Waals surface area contributed by atoms with E-state index in [0.717, 1.165) is 27.8 Å². The molecule has 7 heteroatoms. The van der Waals surface area contributed by atoms with E-state index in [1.807, 2.05) is 85.8 Å². The summed E-state index contributed by atoms with van der Waals surface area (Å²) in [6.07, 6.45) is -2.52. The second kappa shape index (κ2) is 21.3. The van der Waals surface area contributed by atoms with E-state index >= 15 is 0 Å². The van der Waals surface area contributed by atoms with Crippen LogP contribution in [0, 0.1) is 0 Å². The number of rotatable bonds is 7. The molecule has 0 radical (unpaired) electrons. The van der Waals surface area contributed by atoms with Gasteiger partial charge in [0.05, 0.1) is 0 Å². The molecule has 0 saturated carbocycles. The Kier molecular flexibility index (Phi) is 18.3. The van der Waals surface area contributed by atoms with Crippen LogP contribution in [0.15, 0.2) is 127 Å². The molecule has 6 rings (SSSR count). The first-order valence-electron chi connectivity index (χ1n) is 23.0. The SMILES string of the molecule is CC(C)(C)c1ccc(C(O)(c2ccc(C(C)(C)C)cc2)[C@@H]2OC(C)(c3ccccc3)O[C@H]2C(O)(c2ccc(C(C)(C)C)cc2)c2ccc(C(C)(C)C)cc2)cc1.CC(C)O.CC(C)O.[Ti]. The van der Waals surface area contributed by atoms with Gasteiger partial charge >= 0.3 is 0 Å². The molecule has 65 heavy (non-hydrogen) atoms. The Morgan fingerprint density at radius 1 is 0.385 bits per heavy atom. The Balaban J connectivity index is 0.00000115. The zero-order valence-corrected chi connectivity index (χ0v) is 44.1. The van der Waals surface area contributed by atoms with E-state index in [-0.39, 0.29) is 55.6 Å². The Morgan fingerprint density at radius 3 is 0.754 bits per heavy atom. The number of benzene rings is 5. The minimum absolute atomic E-state index is 0. The predicted molar refractivity (Wildman–Crippen MR) is 265 cm³/mol. The Labute approximate surface area is 407 Å². The summed E-state index contributed by atoms with van der Waals surface area (Å²) < 4.78 is 14.5. The molecule has 0 aliphatic carbocycles. The normalized spacial score (nSPS) is 16.8.